The van der Waals surface area contributed by atoms with Gasteiger partial charge in [-0.3, -0.25) is 4.79 Å². The molecule has 4 heteroatoms. The lowest BCUT2D eigenvalue weighted by Crippen LogP contribution is -2.69. The first-order chi connectivity index (χ1) is 7.65. The van der Waals surface area contributed by atoms with Crippen LogP contribution in [0.15, 0.2) is 0 Å². The van der Waals surface area contributed by atoms with Gasteiger partial charge in [-0.2, -0.15) is 0 Å². The average molecular weight is 226 g/mol. The van der Waals surface area contributed by atoms with Crippen LogP contribution in [-0.4, -0.2) is 42.6 Å². The molecule has 0 unspecified atom stereocenters. The van der Waals surface area contributed by atoms with Gasteiger partial charge in [0.25, 0.3) is 0 Å². The maximum absolute atomic E-state index is 11.7. The number of carbonyl (C=O) groups excluding carboxylic acids is 1. The summed E-state index contributed by atoms with van der Waals surface area (Å²) in [4.78, 5) is 13.6. The Labute approximate surface area is 97.1 Å². The third-order valence-electron chi connectivity index (χ3n) is 3.52. The number of amides is 1. The van der Waals surface area contributed by atoms with Gasteiger partial charge in [-0.05, 0) is 25.2 Å². The number of carbonyl (C=O) groups is 1. The molecule has 1 saturated heterocycles. The minimum atomic E-state index is -0.0556. The van der Waals surface area contributed by atoms with E-state index in [1.807, 2.05) is 4.90 Å². The lowest BCUT2D eigenvalue weighted by molar-refractivity contribution is -0.140. The van der Waals surface area contributed by atoms with Gasteiger partial charge >= 0.3 is 0 Å². The first-order valence-electron chi connectivity index (χ1n) is 6.30. The Morgan fingerprint density at radius 3 is 2.69 bits per heavy atom. The van der Waals surface area contributed by atoms with Gasteiger partial charge in [0.2, 0.25) is 5.91 Å². The largest absolute Gasteiger partial charge is 0.381 e. The van der Waals surface area contributed by atoms with Crippen LogP contribution < -0.4 is 5.73 Å². The molecular formula is C12H22N2O2. The molecule has 0 spiro atoms. The quantitative estimate of drug-likeness (QED) is 0.680. The predicted molar refractivity (Wildman–Crippen MR) is 61.9 cm³/mol. The minimum absolute atomic E-state index is 0.0556. The van der Waals surface area contributed by atoms with Crippen LogP contribution >= 0.6 is 0 Å². The Morgan fingerprint density at radius 1 is 1.44 bits per heavy atom. The van der Waals surface area contributed by atoms with E-state index in [1.165, 1.54) is 12.8 Å². The van der Waals surface area contributed by atoms with Crippen LogP contribution in [0.25, 0.3) is 0 Å². The summed E-state index contributed by atoms with van der Waals surface area (Å²) in [6.07, 6.45) is 4.00. The molecule has 2 aliphatic rings. The van der Waals surface area contributed by atoms with Crippen LogP contribution in [0.5, 0.6) is 0 Å². The first kappa shape index (κ1) is 11.9. The van der Waals surface area contributed by atoms with E-state index in [0.717, 1.165) is 26.1 Å². The number of nitrogens with two attached hydrogens (primary N) is 1. The normalized spacial score (nSPS) is 23.0. The summed E-state index contributed by atoms with van der Waals surface area (Å²) in [7, 11) is 0. The second-order valence-corrected chi connectivity index (χ2v) is 5.12. The minimum Gasteiger partial charge on any atom is -0.381 e. The molecule has 0 atom stereocenters. The molecule has 0 aromatic heterocycles. The van der Waals surface area contributed by atoms with E-state index in [9.17, 15) is 4.79 Å². The fourth-order valence-electron chi connectivity index (χ4n) is 2.32. The van der Waals surface area contributed by atoms with Crippen molar-refractivity contribution in [1.29, 1.82) is 0 Å². The number of ether oxygens (including phenoxy) is 1. The molecule has 1 aliphatic carbocycles. The summed E-state index contributed by atoms with van der Waals surface area (Å²) in [6.45, 7) is 4.87. The Hall–Kier alpha value is -0.610. The van der Waals surface area contributed by atoms with Gasteiger partial charge in [0.1, 0.15) is 0 Å². The van der Waals surface area contributed by atoms with Crippen molar-refractivity contribution in [1.82, 2.24) is 4.90 Å². The van der Waals surface area contributed by atoms with E-state index in [1.54, 1.807) is 0 Å². The molecule has 92 valence electrons. The highest BCUT2D eigenvalue weighted by atomic mass is 16.5. The number of likely N-dealkylation sites (tertiary alicyclic amines) is 1. The predicted octanol–water partition coefficient (Wildman–Crippen LogP) is 0.753. The molecule has 0 radical (unpaired) electrons. The van der Waals surface area contributed by atoms with Crippen LogP contribution in [0.1, 0.15) is 32.6 Å². The molecule has 0 bridgehead atoms. The van der Waals surface area contributed by atoms with Gasteiger partial charge < -0.3 is 15.4 Å². The Morgan fingerprint density at radius 2 is 2.12 bits per heavy atom. The SMILES string of the molecule is CCCOCCC(=O)N1CC(N)(C2CC2)C1. The van der Waals surface area contributed by atoms with Crippen LogP contribution in [0.2, 0.25) is 0 Å². The molecule has 1 aliphatic heterocycles. The van der Waals surface area contributed by atoms with Gasteiger partial charge in [0.05, 0.1) is 18.6 Å². The lowest BCUT2D eigenvalue weighted by Gasteiger charge is -2.48. The molecule has 4 nitrogen and oxygen atoms in total. The zero-order chi connectivity index (χ0) is 11.6. The molecule has 0 aromatic rings. The summed E-state index contributed by atoms with van der Waals surface area (Å²) in [5, 5.41) is 0. The van der Waals surface area contributed by atoms with Gasteiger partial charge in [-0.15, -0.1) is 0 Å². The molecule has 1 heterocycles. The molecule has 1 saturated carbocycles. The molecular weight excluding hydrogens is 204 g/mol. The summed E-state index contributed by atoms with van der Waals surface area (Å²) in [6, 6.07) is 0. The molecule has 1 amide bonds. The summed E-state index contributed by atoms with van der Waals surface area (Å²) in [5.74, 6) is 0.866. The number of hydrogen-bond donors (Lipinski definition) is 1. The Bertz CT molecular complexity index is 258. The van der Waals surface area contributed by atoms with Gasteiger partial charge in [-0.25, -0.2) is 0 Å². The van der Waals surface area contributed by atoms with E-state index < -0.39 is 0 Å². The van der Waals surface area contributed by atoms with E-state index in [0.29, 0.717) is 18.9 Å². The molecule has 2 rings (SSSR count). The smallest absolute Gasteiger partial charge is 0.225 e. The monoisotopic (exact) mass is 226 g/mol. The van der Waals surface area contributed by atoms with Crippen molar-refractivity contribution >= 4 is 5.91 Å². The molecule has 16 heavy (non-hydrogen) atoms. The molecule has 2 N–H and O–H groups in total. The van der Waals surface area contributed by atoms with Gasteiger partial charge in [0, 0.05) is 19.7 Å². The number of hydrogen-bond acceptors (Lipinski definition) is 3. The van der Waals surface area contributed by atoms with Crippen molar-refractivity contribution in [2.24, 2.45) is 11.7 Å². The molecule has 2 fully saturated rings. The molecule has 0 aromatic carbocycles. The van der Waals surface area contributed by atoms with Gasteiger partial charge in [-0.1, -0.05) is 6.92 Å². The highest BCUT2D eigenvalue weighted by Crippen LogP contribution is 2.42. The van der Waals surface area contributed by atoms with Crippen LogP contribution in [-0.2, 0) is 9.53 Å². The fraction of sp³-hybridized carbons (Fsp3) is 0.917. The highest BCUT2D eigenvalue weighted by molar-refractivity contribution is 5.77. The van der Waals surface area contributed by atoms with E-state index in [4.69, 9.17) is 10.5 Å². The van der Waals surface area contributed by atoms with Crippen LogP contribution in [0.4, 0.5) is 0 Å². The Kier molecular flexibility index (Phi) is 3.50. The summed E-state index contributed by atoms with van der Waals surface area (Å²) >= 11 is 0. The average Bonchev–Trinajstić information content (AvgIpc) is 3.03. The summed E-state index contributed by atoms with van der Waals surface area (Å²) in [5.41, 5.74) is 6.13. The van der Waals surface area contributed by atoms with Crippen molar-refractivity contribution in [2.45, 2.75) is 38.1 Å². The lowest BCUT2D eigenvalue weighted by atomic mass is 9.85. The second-order valence-electron chi connectivity index (χ2n) is 5.12. The highest BCUT2D eigenvalue weighted by Gasteiger charge is 2.51. The summed E-state index contributed by atoms with van der Waals surface area (Å²) < 4.78 is 5.31. The van der Waals surface area contributed by atoms with Crippen molar-refractivity contribution in [2.75, 3.05) is 26.3 Å². The maximum atomic E-state index is 11.7. The second kappa shape index (κ2) is 4.72. The van der Waals surface area contributed by atoms with Crippen molar-refractivity contribution in [3.8, 4) is 0 Å². The van der Waals surface area contributed by atoms with Crippen molar-refractivity contribution < 1.29 is 9.53 Å². The standard InChI is InChI=1S/C12H22N2O2/c1-2-6-16-7-5-11(15)14-8-12(13,9-14)10-3-4-10/h10H,2-9,13H2,1H3. The maximum Gasteiger partial charge on any atom is 0.225 e. The fourth-order valence-corrected chi connectivity index (χ4v) is 2.32. The topological polar surface area (TPSA) is 55.6 Å². The zero-order valence-electron chi connectivity index (χ0n) is 10.1. The number of nitrogens with zero attached hydrogens (tertiary/aromatic N) is 1. The third-order valence-corrected chi connectivity index (χ3v) is 3.52. The zero-order valence-corrected chi connectivity index (χ0v) is 10.1. The van der Waals surface area contributed by atoms with Crippen molar-refractivity contribution in [3.05, 3.63) is 0 Å². The van der Waals surface area contributed by atoms with Crippen LogP contribution in [0, 0.1) is 5.92 Å². The van der Waals surface area contributed by atoms with E-state index >= 15 is 0 Å². The first-order valence-corrected chi connectivity index (χ1v) is 6.30. The van der Waals surface area contributed by atoms with E-state index in [2.05, 4.69) is 6.92 Å². The number of rotatable bonds is 6. The third kappa shape index (κ3) is 2.55. The Balaban J connectivity index is 1.61. The van der Waals surface area contributed by atoms with Gasteiger partial charge in [0.15, 0.2) is 0 Å². The van der Waals surface area contributed by atoms with E-state index in [-0.39, 0.29) is 11.4 Å². The van der Waals surface area contributed by atoms with Crippen molar-refractivity contribution in [3.63, 3.8) is 0 Å². The van der Waals surface area contributed by atoms with Crippen LogP contribution in [0.3, 0.4) is 0 Å².